The van der Waals surface area contributed by atoms with Gasteiger partial charge in [-0.15, -0.1) is 0 Å². The van der Waals surface area contributed by atoms with Crippen molar-refractivity contribution in [1.29, 1.82) is 0 Å². The molecule has 3 heteroatoms. The van der Waals surface area contributed by atoms with Crippen LogP contribution >= 0.6 is 0 Å². The van der Waals surface area contributed by atoms with Crippen molar-refractivity contribution in [1.82, 2.24) is 9.97 Å². The van der Waals surface area contributed by atoms with Gasteiger partial charge >= 0.3 is 0 Å². The van der Waals surface area contributed by atoms with Crippen LogP contribution in [0.1, 0.15) is 11.1 Å². The van der Waals surface area contributed by atoms with Crippen molar-refractivity contribution in [3.8, 4) is 11.4 Å². The van der Waals surface area contributed by atoms with Gasteiger partial charge in [0.15, 0.2) is 0 Å². The van der Waals surface area contributed by atoms with E-state index < -0.39 is 0 Å². The highest BCUT2D eigenvalue weighted by Crippen LogP contribution is 2.31. The van der Waals surface area contributed by atoms with E-state index in [1.54, 1.807) is 12.3 Å². The molecule has 2 heterocycles. The second kappa shape index (κ2) is 2.54. The van der Waals surface area contributed by atoms with Crippen molar-refractivity contribution < 1.29 is 0 Å². The number of hydrogen-bond donors (Lipinski definition) is 1. The number of nitrogens with one attached hydrogen (secondary N) is 1. The Labute approximate surface area is 80.4 Å². The van der Waals surface area contributed by atoms with Gasteiger partial charge in [0, 0.05) is 18.7 Å². The van der Waals surface area contributed by atoms with Crippen molar-refractivity contribution >= 4 is 0 Å². The molecule has 14 heavy (non-hydrogen) atoms. The van der Waals surface area contributed by atoms with Crippen molar-refractivity contribution in [2.75, 3.05) is 0 Å². The highest BCUT2D eigenvalue weighted by molar-refractivity contribution is 5.69. The number of fused-ring (bicyclic) bond motifs is 3. The summed E-state index contributed by atoms with van der Waals surface area (Å²) < 4.78 is 0. The molecule has 0 saturated heterocycles. The zero-order valence-corrected chi connectivity index (χ0v) is 7.45. The molecular formula is C11H8N2O. The molecule has 0 bridgehead atoms. The lowest BCUT2D eigenvalue weighted by Crippen LogP contribution is -2.04. The molecular weight excluding hydrogens is 176 g/mol. The van der Waals surface area contributed by atoms with Gasteiger partial charge in [0.05, 0.1) is 11.4 Å². The first-order valence-electron chi connectivity index (χ1n) is 4.51. The molecule has 3 rings (SSSR count). The maximum absolute atomic E-state index is 11.2. The predicted octanol–water partition coefficient (Wildman–Crippen LogP) is 1.34. The smallest absolute Gasteiger partial charge is 0.248 e. The Kier molecular flexibility index (Phi) is 1.36. The van der Waals surface area contributed by atoms with Crippen LogP contribution in [-0.4, -0.2) is 9.97 Å². The summed E-state index contributed by atoms with van der Waals surface area (Å²) in [5.74, 6) is 0. The summed E-state index contributed by atoms with van der Waals surface area (Å²) in [6.45, 7) is 0. The molecule has 1 N–H and O–H groups in total. The second-order valence-electron chi connectivity index (χ2n) is 3.41. The van der Waals surface area contributed by atoms with Crippen LogP contribution in [0.15, 0.2) is 35.3 Å². The van der Waals surface area contributed by atoms with Gasteiger partial charge in [0.2, 0.25) is 5.56 Å². The van der Waals surface area contributed by atoms with E-state index >= 15 is 0 Å². The van der Waals surface area contributed by atoms with Crippen LogP contribution in [0, 0.1) is 0 Å². The molecule has 1 aliphatic rings. The van der Waals surface area contributed by atoms with E-state index in [0.717, 1.165) is 23.4 Å². The molecule has 3 nitrogen and oxygen atoms in total. The molecule has 0 atom stereocenters. The van der Waals surface area contributed by atoms with Crippen molar-refractivity contribution in [3.63, 3.8) is 0 Å². The van der Waals surface area contributed by atoms with Crippen molar-refractivity contribution in [3.05, 3.63) is 51.9 Å². The third kappa shape index (κ3) is 0.923. The van der Waals surface area contributed by atoms with E-state index in [1.165, 1.54) is 5.56 Å². The fourth-order valence-corrected chi connectivity index (χ4v) is 1.87. The largest absolute Gasteiger partial charge is 0.320 e. The first-order valence-corrected chi connectivity index (χ1v) is 4.51. The Morgan fingerprint density at radius 2 is 2.14 bits per heavy atom. The SMILES string of the molecule is O=c1ccc2c([nH]1)-c1ncccc1C2. The molecule has 0 amide bonds. The molecule has 68 valence electrons. The van der Waals surface area contributed by atoms with Crippen LogP contribution in [0.2, 0.25) is 0 Å². The Hall–Kier alpha value is -1.90. The van der Waals surface area contributed by atoms with Crippen LogP contribution in [-0.2, 0) is 6.42 Å². The van der Waals surface area contributed by atoms with Crippen LogP contribution in [0.5, 0.6) is 0 Å². The van der Waals surface area contributed by atoms with Gasteiger partial charge in [-0.25, -0.2) is 0 Å². The Morgan fingerprint density at radius 3 is 3.07 bits per heavy atom. The van der Waals surface area contributed by atoms with Crippen molar-refractivity contribution in [2.24, 2.45) is 0 Å². The topological polar surface area (TPSA) is 45.8 Å². The van der Waals surface area contributed by atoms with Gasteiger partial charge in [0.25, 0.3) is 0 Å². The molecule has 2 aromatic heterocycles. The molecule has 1 aliphatic carbocycles. The van der Waals surface area contributed by atoms with E-state index in [4.69, 9.17) is 0 Å². The zero-order chi connectivity index (χ0) is 9.54. The average Bonchev–Trinajstić information content (AvgIpc) is 2.56. The standard InChI is InChI=1S/C11H8N2O/c14-9-4-3-8-6-7-2-1-5-12-10(7)11(8)13-9/h1-5H,6H2,(H,13,14). The molecule has 0 fully saturated rings. The Bertz CT molecular complexity index is 557. The predicted molar refractivity (Wildman–Crippen MR) is 53.1 cm³/mol. The van der Waals surface area contributed by atoms with E-state index in [-0.39, 0.29) is 5.56 Å². The van der Waals surface area contributed by atoms with Crippen LogP contribution in [0.4, 0.5) is 0 Å². The van der Waals surface area contributed by atoms with E-state index in [0.29, 0.717) is 0 Å². The van der Waals surface area contributed by atoms with Gasteiger partial charge in [0.1, 0.15) is 0 Å². The number of H-pyrrole nitrogens is 1. The summed E-state index contributed by atoms with van der Waals surface area (Å²) in [6, 6.07) is 7.39. The van der Waals surface area contributed by atoms with Gasteiger partial charge in [-0.2, -0.15) is 0 Å². The van der Waals surface area contributed by atoms with E-state index in [1.807, 2.05) is 18.2 Å². The number of rotatable bonds is 0. The summed E-state index contributed by atoms with van der Waals surface area (Å²) >= 11 is 0. The van der Waals surface area contributed by atoms with Gasteiger partial charge in [-0.1, -0.05) is 12.1 Å². The lowest BCUT2D eigenvalue weighted by molar-refractivity contribution is 1.19. The molecule has 0 unspecified atom stereocenters. The Morgan fingerprint density at radius 1 is 1.21 bits per heavy atom. The Balaban J connectivity index is 2.35. The van der Waals surface area contributed by atoms with Crippen LogP contribution in [0.25, 0.3) is 11.4 Å². The molecule has 0 aliphatic heterocycles. The number of pyridine rings is 2. The summed E-state index contributed by atoms with van der Waals surface area (Å²) in [5.41, 5.74) is 4.07. The number of nitrogens with zero attached hydrogens (tertiary/aromatic N) is 1. The quantitative estimate of drug-likeness (QED) is 0.573. The summed E-state index contributed by atoms with van der Waals surface area (Å²) in [7, 11) is 0. The molecule has 0 aromatic carbocycles. The van der Waals surface area contributed by atoms with Gasteiger partial charge < -0.3 is 4.98 Å². The third-order valence-electron chi connectivity index (χ3n) is 2.51. The first-order chi connectivity index (χ1) is 6.84. The number of aromatic amines is 1. The van der Waals surface area contributed by atoms with E-state index in [2.05, 4.69) is 9.97 Å². The molecule has 0 spiro atoms. The second-order valence-corrected chi connectivity index (χ2v) is 3.41. The lowest BCUT2D eigenvalue weighted by Gasteiger charge is -1.97. The minimum absolute atomic E-state index is 0.0674. The zero-order valence-electron chi connectivity index (χ0n) is 7.45. The lowest BCUT2D eigenvalue weighted by atomic mass is 10.2. The summed E-state index contributed by atoms with van der Waals surface area (Å²) in [4.78, 5) is 18.3. The normalized spacial score (nSPS) is 12.3. The third-order valence-corrected chi connectivity index (χ3v) is 2.51. The highest BCUT2D eigenvalue weighted by atomic mass is 16.1. The van der Waals surface area contributed by atoms with Gasteiger partial charge in [-0.05, 0) is 17.2 Å². The first kappa shape index (κ1) is 7.50. The fraction of sp³-hybridized carbons (Fsp3) is 0.0909. The van der Waals surface area contributed by atoms with Crippen LogP contribution in [0.3, 0.4) is 0 Å². The molecule has 0 saturated carbocycles. The molecule has 2 aromatic rings. The highest BCUT2D eigenvalue weighted by Gasteiger charge is 2.19. The summed E-state index contributed by atoms with van der Waals surface area (Å²) in [5, 5.41) is 0. The van der Waals surface area contributed by atoms with Gasteiger partial charge in [-0.3, -0.25) is 9.78 Å². The number of aromatic nitrogens is 2. The minimum atomic E-state index is -0.0674. The maximum atomic E-state index is 11.2. The average molecular weight is 184 g/mol. The summed E-state index contributed by atoms with van der Waals surface area (Å²) in [6.07, 6.45) is 2.62. The van der Waals surface area contributed by atoms with Crippen LogP contribution < -0.4 is 5.56 Å². The van der Waals surface area contributed by atoms with Crippen molar-refractivity contribution in [2.45, 2.75) is 6.42 Å². The number of hydrogen-bond acceptors (Lipinski definition) is 2. The minimum Gasteiger partial charge on any atom is -0.320 e. The maximum Gasteiger partial charge on any atom is 0.248 e. The van der Waals surface area contributed by atoms with E-state index in [9.17, 15) is 4.79 Å². The molecule has 0 radical (unpaired) electrons. The fourth-order valence-electron chi connectivity index (χ4n) is 1.87. The monoisotopic (exact) mass is 184 g/mol.